The van der Waals surface area contributed by atoms with Crippen LogP contribution in [0.2, 0.25) is 0 Å². The van der Waals surface area contributed by atoms with Crippen molar-refractivity contribution in [1.82, 2.24) is 10.6 Å². The predicted octanol–water partition coefficient (Wildman–Crippen LogP) is 1.93. The molecule has 0 aliphatic carbocycles. The monoisotopic (exact) mass is 184 g/mol. The molecule has 0 saturated heterocycles. The smallest absolute Gasteiger partial charge is 0.00144 e. The maximum Gasteiger partial charge on any atom is -0.00144 e. The van der Waals surface area contributed by atoms with Crippen LogP contribution in [0.25, 0.3) is 0 Å². The first kappa shape index (κ1) is 12.7. The van der Waals surface area contributed by atoms with Gasteiger partial charge >= 0.3 is 0 Å². The third-order valence-electron chi connectivity index (χ3n) is 1.88. The summed E-state index contributed by atoms with van der Waals surface area (Å²) in [6.07, 6.45) is 8.18. The van der Waals surface area contributed by atoms with Crippen molar-refractivity contribution in [2.75, 3.05) is 26.2 Å². The van der Waals surface area contributed by atoms with E-state index < -0.39 is 0 Å². The molecular formula is C11H24N2. The maximum absolute atomic E-state index is 3.31. The highest BCUT2D eigenvalue weighted by Crippen LogP contribution is 1.90. The van der Waals surface area contributed by atoms with Crippen LogP contribution in [0.15, 0.2) is 12.2 Å². The summed E-state index contributed by atoms with van der Waals surface area (Å²) < 4.78 is 0. The van der Waals surface area contributed by atoms with Gasteiger partial charge in [-0.25, -0.2) is 0 Å². The number of allylic oxidation sites excluding steroid dienone is 1. The summed E-state index contributed by atoms with van der Waals surface area (Å²) in [5.74, 6) is 0. The van der Waals surface area contributed by atoms with Crippen LogP contribution in [0.4, 0.5) is 0 Å². The summed E-state index contributed by atoms with van der Waals surface area (Å²) in [5.41, 5.74) is 0. The van der Waals surface area contributed by atoms with E-state index in [2.05, 4.69) is 36.6 Å². The fourth-order valence-corrected chi connectivity index (χ4v) is 1.12. The Bertz CT molecular complexity index is 111. The van der Waals surface area contributed by atoms with Gasteiger partial charge < -0.3 is 10.6 Å². The molecule has 0 saturated carbocycles. The van der Waals surface area contributed by atoms with Gasteiger partial charge in [0.05, 0.1) is 0 Å². The summed E-state index contributed by atoms with van der Waals surface area (Å²) in [4.78, 5) is 0. The third kappa shape index (κ3) is 11.7. The highest BCUT2D eigenvalue weighted by atomic mass is 14.8. The topological polar surface area (TPSA) is 24.1 Å². The third-order valence-corrected chi connectivity index (χ3v) is 1.88. The van der Waals surface area contributed by atoms with Gasteiger partial charge in [-0.05, 0) is 45.4 Å². The van der Waals surface area contributed by atoms with Crippen molar-refractivity contribution in [2.24, 2.45) is 0 Å². The second kappa shape index (κ2) is 11.7. The zero-order chi connectivity index (χ0) is 9.78. The molecule has 0 unspecified atom stereocenters. The Morgan fingerprint density at radius 1 is 0.846 bits per heavy atom. The molecule has 0 rings (SSSR count). The molecule has 0 spiro atoms. The van der Waals surface area contributed by atoms with Gasteiger partial charge in [-0.1, -0.05) is 26.0 Å². The summed E-state index contributed by atoms with van der Waals surface area (Å²) in [6.45, 7) is 8.71. The molecule has 0 aliphatic rings. The Kier molecular flexibility index (Phi) is 11.4. The first-order valence-corrected chi connectivity index (χ1v) is 5.48. The molecule has 78 valence electrons. The Balaban J connectivity index is 2.95. The van der Waals surface area contributed by atoms with Gasteiger partial charge in [0.15, 0.2) is 0 Å². The summed E-state index contributed by atoms with van der Waals surface area (Å²) in [6, 6.07) is 0. The molecule has 0 aromatic rings. The molecule has 0 fully saturated rings. The van der Waals surface area contributed by atoms with Crippen LogP contribution in [0.1, 0.15) is 33.1 Å². The zero-order valence-electron chi connectivity index (χ0n) is 9.10. The lowest BCUT2D eigenvalue weighted by molar-refractivity contribution is 0.677. The van der Waals surface area contributed by atoms with Crippen molar-refractivity contribution >= 4 is 0 Å². The normalized spacial score (nSPS) is 11.2. The average molecular weight is 184 g/mol. The van der Waals surface area contributed by atoms with Crippen molar-refractivity contribution in [3.05, 3.63) is 12.2 Å². The van der Waals surface area contributed by atoms with Crippen molar-refractivity contribution in [3.8, 4) is 0 Å². The van der Waals surface area contributed by atoms with Crippen LogP contribution in [0.5, 0.6) is 0 Å². The zero-order valence-corrected chi connectivity index (χ0v) is 9.10. The van der Waals surface area contributed by atoms with Crippen LogP contribution in [0, 0.1) is 0 Å². The minimum atomic E-state index is 1.08. The lowest BCUT2D eigenvalue weighted by Crippen LogP contribution is -2.13. The summed E-state index contributed by atoms with van der Waals surface area (Å²) >= 11 is 0. The Morgan fingerprint density at radius 2 is 1.46 bits per heavy atom. The van der Waals surface area contributed by atoms with E-state index in [0.29, 0.717) is 0 Å². The van der Waals surface area contributed by atoms with Gasteiger partial charge in [0.25, 0.3) is 0 Å². The van der Waals surface area contributed by atoms with Crippen molar-refractivity contribution in [1.29, 1.82) is 0 Å². The molecule has 0 bridgehead atoms. The van der Waals surface area contributed by atoms with E-state index in [1.165, 1.54) is 12.8 Å². The minimum Gasteiger partial charge on any atom is -0.317 e. The van der Waals surface area contributed by atoms with E-state index >= 15 is 0 Å². The number of unbranched alkanes of at least 4 members (excludes halogenated alkanes) is 1. The molecule has 13 heavy (non-hydrogen) atoms. The van der Waals surface area contributed by atoms with Crippen LogP contribution in [0.3, 0.4) is 0 Å². The molecule has 0 aromatic carbocycles. The van der Waals surface area contributed by atoms with Crippen LogP contribution >= 0.6 is 0 Å². The van der Waals surface area contributed by atoms with E-state index in [-0.39, 0.29) is 0 Å². The molecule has 2 heteroatoms. The lowest BCUT2D eigenvalue weighted by Gasteiger charge is -1.98. The van der Waals surface area contributed by atoms with Gasteiger partial charge in [-0.15, -0.1) is 0 Å². The SMILES string of the molecule is CCNCC/C=C/CCCNCC. The first-order valence-electron chi connectivity index (χ1n) is 5.48. The minimum absolute atomic E-state index is 1.08. The molecule has 0 atom stereocenters. The molecule has 0 amide bonds. The Labute approximate surface area is 82.8 Å². The summed E-state index contributed by atoms with van der Waals surface area (Å²) in [7, 11) is 0. The van der Waals surface area contributed by atoms with E-state index in [1.807, 2.05) is 0 Å². The van der Waals surface area contributed by atoms with Gasteiger partial charge in [-0.3, -0.25) is 0 Å². The average Bonchev–Trinajstić information content (AvgIpc) is 2.16. The molecule has 0 aromatic heterocycles. The molecule has 2 nitrogen and oxygen atoms in total. The number of hydrogen-bond acceptors (Lipinski definition) is 2. The lowest BCUT2D eigenvalue weighted by atomic mass is 10.2. The fourth-order valence-electron chi connectivity index (χ4n) is 1.12. The highest BCUT2D eigenvalue weighted by Gasteiger charge is 1.82. The first-order chi connectivity index (χ1) is 6.41. The number of hydrogen-bond donors (Lipinski definition) is 2. The summed E-state index contributed by atoms with van der Waals surface area (Å²) in [5, 5.41) is 6.61. The van der Waals surface area contributed by atoms with Crippen LogP contribution in [-0.4, -0.2) is 26.2 Å². The molecule has 2 N–H and O–H groups in total. The van der Waals surface area contributed by atoms with Crippen molar-refractivity contribution < 1.29 is 0 Å². The van der Waals surface area contributed by atoms with E-state index in [9.17, 15) is 0 Å². The van der Waals surface area contributed by atoms with Crippen LogP contribution in [-0.2, 0) is 0 Å². The van der Waals surface area contributed by atoms with E-state index in [1.54, 1.807) is 0 Å². The molecular weight excluding hydrogens is 160 g/mol. The van der Waals surface area contributed by atoms with Crippen LogP contribution < -0.4 is 10.6 Å². The van der Waals surface area contributed by atoms with Gasteiger partial charge in [0.2, 0.25) is 0 Å². The van der Waals surface area contributed by atoms with E-state index in [4.69, 9.17) is 0 Å². The number of rotatable bonds is 9. The number of nitrogens with one attached hydrogen (secondary N) is 2. The van der Waals surface area contributed by atoms with Crippen molar-refractivity contribution in [2.45, 2.75) is 33.1 Å². The van der Waals surface area contributed by atoms with Gasteiger partial charge in [0, 0.05) is 0 Å². The largest absolute Gasteiger partial charge is 0.317 e. The standard InChI is InChI=1S/C11H24N2/c1-3-12-10-8-6-5-7-9-11-13-4-2/h5-6,12-13H,3-4,7-11H2,1-2H3/b6-5+. The molecule has 0 radical (unpaired) electrons. The molecule has 0 heterocycles. The van der Waals surface area contributed by atoms with Gasteiger partial charge in [-0.2, -0.15) is 0 Å². The van der Waals surface area contributed by atoms with E-state index in [0.717, 1.165) is 32.6 Å². The quantitative estimate of drug-likeness (QED) is 0.423. The predicted molar refractivity (Wildman–Crippen MR) is 60.1 cm³/mol. The second-order valence-corrected chi connectivity index (χ2v) is 3.11. The fraction of sp³-hybridized carbons (Fsp3) is 0.818. The van der Waals surface area contributed by atoms with Gasteiger partial charge in [0.1, 0.15) is 0 Å². The second-order valence-electron chi connectivity index (χ2n) is 3.11. The molecule has 0 aliphatic heterocycles. The maximum atomic E-state index is 3.31. The Hall–Kier alpha value is -0.340. The van der Waals surface area contributed by atoms with Crippen molar-refractivity contribution in [3.63, 3.8) is 0 Å². The Morgan fingerprint density at radius 3 is 2.15 bits per heavy atom. The highest BCUT2D eigenvalue weighted by molar-refractivity contribution is 4.82.